The van der Waals surface area contributed by atoms with Crippen LogP contribution in [0, 0.1) is 6.92 Å². The molecule has 0 saturated heterocycles. The number of imidazole rings is 1. The Morgan fingerprint density at radius 1 is 0.955 bits per heavy atom. The molecule has 3 nitrogen and oxygen atoms in total. The lowest BCUT2D eigenvalue weighted by atomic mass is 10.1. The van der Waals surface area contributed by atoms with Gasteiger partial charge in [0.05, 0.1) is 12.8 Å². The largest absolute Gasteiger partial charge is 0.497 e. The Morgan fingerprint density at radius 3 is 2.18 bits per heavy atom. The molecule has 22 heavy (non-hydrogen) atoms. The second-order valence-electron chi connectivity index (χ2n) is 4.95. The average Bonchev–Trinajstić information content (AvgIpc) is 2.88. The summed E-state index contributed by atoms with van der Waals surface area (Å²) in [6.45, 7) is 1.98. The van der Waals surface area contributed by atoms with Crippen molar-refractivity contribution in [1.82, 2.24) is 9.97 Å². The van der Waals surface area contributed by atoms with E-state index in [0.29, 0.717) is 10.0 Å². The van der Waals surface area contributed by atoms with Gasteiger partial charge >= 0.3 is 0 Å². The number of hydrogen-bond donors (Lipinski definition) is 1. The number of nitrogens with one attached hydrogen (secondary N) is 1. The zero-order valence-corrected chi connectivity index (χ0v) is 13.7. The Hall–Kier alpha value is -1.97. The minimum atomic E-state index is 0.593. The van der Waals surface area contributed by atoms with Crippen LogP contribution < -0.4 is 4.74 Å². The normalized spacial score (nSPS) is 10.7. The Morgan fingerprint density at radius 2 is 1.59 bits per heavy atom. The number of hydrogen-bond acceptors (Lipinski definition) is 2. The fraction of sp³-hybridized carbons (Fsp3) is 0.118. The summed E-state index contributed by atoms with van der Waals surface area (Å²) >= 11 is 12.1. The molecule has 0 aliphatic heterocycles. The van der Waals surface area contributed by atoms with E-state index in [1.165, 1.54) is 0 Å². The SMILES string of the molecule is COc1ccc(-c2nc(-c3cc(Cl)cc(Cl)c3)c(C)[nH]2)cc1. The number of H-pyrrole nitrogens is 1. The molecular weight excluding hydrogens is 319 g/mol. The van der Waals surface area contributed by atoms with Crippen LogP contribution in [-0.2, 0) is 0 Å². The molecule has 0 atom stereocenters. The topological polar surface area (TPSA) is 37.9 Å². The number of aromatic amines is 1. The van der Waals surface area contributed by atoms with Gasteiger partial charge < -0.3 is 9.72 Å². The van der Waals surface area contributed by atoms with Crippen LogP contribution in [0.2, 0.25) is 10.0 Å². The van der Waals surface area contributed by atoms with Crippen LogP contribution in [-0.4, -0.2) is 17.1 Å². The fourth-order valence-corrected chi connectivity index (χ4v) is 2.84. The molecular formula is C17H14Cl2N2O. The number of aryl methyl sites for hydroxylation is 1. The molecule has 0 bridgehead atoms. The van der Waals surface area contributed by atoms with Gasteiger partial charge in [0.1, 0.15) is 11.6 Å². The van der Waals surface area contributed by atoms with E-state index in [1.54, 1.807) is 13.2 Å². The first kappa shape index (κ1) is 14.9. The van der Waals surface area contributed by atoms with E-state index in [2.05, 4.69) is 9.97 Å². The van der Waals surface area contributed by atoms with Crippen LogP contribution in [0.5, 0.6) is 5.75 Å². The van der Waals surface area contributed by atoms with Gasteiger partial charge in [-0.15, -0.1) is 0 Å². The Labute approximate surface area is 138 Å². The number of ether oxygens (including phenoxy) is 1. The van der Waals surface area contributed by atoms with Crippen LogP contribution in [0.3, 0.4) is 0 Å². The van der Waals surface area contributed by atoms with E-state index >= 15 is 0 Å². The number of halogens is 2. The van der Waals surface area contributed by atoms with Gasteiger partial charge in [-0.05, 0) is 49.4 Å². The maximum atomic E-state index is 6.07. The molecule has 3 rings (SSSR count). The van der Waals surface area contributed by atoms with Gasteiger partial charge in [-0.1, -0.05) is 23.2 Å². The molecule has 0 aliphatic carbocycles. The first-order chi connectivity index (χ1) is 10.6. The summed E-state index contributed by atoms with van der Waals surface area (Å²) in [4.78, 5) is 7.97. The third kappa shape index (κ3) is 2.96. The summed E-state index contributed by atoms with van der Waals surface area (Å²) in [7, 11) is 1.65. The molecule has 0 aliphatic rings. The van der Waals surface area contributed by atoms with Crippen molar-refractivity contribution >= 4 is 23.2 Å². The third-order valence-electron chi connectivity index (χ3n) is 3.38. The molecule has 0 unspecified atom stereocenters. The molecule has 1 N–H and O–H groups in total. The molecule has 0 spiro atoms. The van der Waals surface area contributed by atoms with Gasteiger partial charge in [0.15, 0.2) is 0 Å². The van der Waals surface area contributed by atoms with Crippen molar-refractivity contribution in [3.8, 4) is 28.4 Å². The molecule has 0 amide bonds. The minimum absolute atomic E-state index is 0.593. The van der Waals surface area contributed by atoms with Crippen LogP contribution >= 0.6 is 23.2 Å². The maximum absolute atomic E-state index is 6.07. The molecule has 0 radical (unpaired) electrons. The van der Waals surface area contributed by atoms with E-state index < -0.39 is 0 Å². The van der Waals surface area contributed by atoms with E-state index in [0.717, 1.165) is 34.1 Å². The standard InChI is InChI=1S/C17H14Cl2N2O/c1-10-16(12-7-13(18)9-14(19)8-12)21-17(20-10)11-3-5-15(22-2)6-4-11/h3-9H,1-2H3,(H,20,21). The van der Waals surface area contributed by atoms with E-state index in [4.69, 9.17) is 27.9 Å². The molecule has 2 aromatic carbocycles. The molecule has 0 fully saturated rings. The Bertz CT molecular complexity index is 790. The van der Waals surface area contributed by atoms with Gasteiger partial charge in [0.2, 0.25) is 0 Å². The molecule has 1 heterocycles. The fourth-order valence-electron chi connectivity index (χ4n) is 2.32. The Kier molecular flexibility index (Phi) is 4.10. The average molecular weight is 333 g/mol. The molecule has 1 aromatic heterocycles. The van der Waals surface area contributed by atoms with Gasteiger partial charge in [0, 0.05) is 26.9 Å². The quantitative estimate of drug-likeness (QED) is 0.700. The van der Waals surface area contributed by atoms with Crippen molar-refractivity contribution in [3.63, 3.8) is 0 Å². The van der Waals surface area contributed by atoms with Gasteiger partial charge in [0.25, 0.3) is 0 Å². The van der Waals surface area contributed by atoms with E-state index in [-0.39, 0.29) is 0 Å². The number of methoxy groups -OCH3 is 1. The summed E-state index contributed by atoms with van der Waals surface area (Å²) in [6.07, 6.45) is 0. The lowest BCUT2D eigenvalue weighted by Gasteiger charge is -2.01. The summed E-state index contributed by atoms with van der Waals surface area (Å²) in [5.74, 6) is 1.61. The predicted octanol–water partition coefficient (Wildman–Crippen LogP) is 5.37. The van der Waals surface area contributed by atoms with Crippen LogP contribution in [0.4, 0.5) is 0 Å². The number of rotatable bonds is 3. The summed E-state index contributed by atoms with van der Waals surface area (Å²) in [6, 6.07) is 13.2. The monoisotopic (exact) mass is 332 g/mol. The van der Waals surface area contributed by atoms with Crippen LogP contribution in [0.15, 0.2) is 42.5 Å². The van der Waals surface area contributed by atoms with Crippen molar-refractivity contribution in [3.05, 3.63) is 58.2 Å². The molecule has 5 heteroatoms. The lowest BCUT2D eigenvalue weighted by Crippen LogP contribution is -1.84. The maximum Gasteiger partial charge on any atom is 0.138 e. The van der Waals surface area contributed by atoms with Crippen molar-refractivity contribution in [2.45, 2.75) is 6.92 Å². The third-order valence-corrected chi connectivity index (χ3v) is 3.82. The van der Waals surface area contributed by atoms with Crippen molar-refractivity contribution in [2.75, 3.05) is 7.11 Å². The number of aromatic nitrogens is 2. The number of nitrogens with zero attached hydrogens (tertiary/aromatic N) is 1. The zero-order valence-electron chi connectivity index (χ0n) is 12.2. The van der Waals surface area contributed by atoms with Crippen LogP contribution in [0.1, 0.15) is 5.69 Å². The van der Waals surface area contributed by atoms with E-state index in [9.17, 15) is 0 Å². The summed E-state index contributed by atoms with van der Waals surface area (Å²) in [5.41, 5.74) is 3.69. The second kappa shape index (κ2) is 6.03. The highest BCUT2D eigenvalue weighted by Crippen LogP contribution is 2.30. The Balaban J connectivity index is 2.02. The molecule has 0 saturated carbocycles. The van der Waals surface area contributed by atoms with Crippen LogP contribution in [0.25, 0.3) is 22.6 Å². The highest BCUT2D eigenvalue weighted by molar-refractivity contribution is 6.35. The lowest BCUT2D eigenvalue weighted by molar-refractivity contribution is 0.415. The van der Waals surface area contributed by atoms with Gasteiger partial charge in [-0.2, -0.15) is 0 Å². The number of benzene rings is 2. The molecule has 112 valence electrons. The summed E-state index contributed by atoms with van der Waals surface area (Å²) < 4.78 is 5.17. The first-order valence-electron chi connectivity index (χ1n) is 6.74. The highest BCUT2D eigenvalue weighted by atomic mass is 35.5. The summed E-state index contributed by atoms with van der Waals surface area (Å²) in [5, 5.41) is 1.19. The zero-order chi connectivity index (χ0) is 15.7. The first-order valence-corrected chi connectivity index (χ1v) is 7.50. The van der Waals surface area contributed by atoms with Crippen molar-refractivity contribution < 1.29 is 4.74 Å². The van der Waals surface area contributed by atoms with E-state index in [1.807, 2.05) is 43.3 Å². The van der Waals surface area contributed by atoms with Gasteiger partial charge in [-0.25, -0.2) is 4.98 Å². The van der Waals surface area contributed by atoms with Crippen molar-refractivity contribution in [2.24, 2.45) is 0 Å². The van der Waals surface area contributed by atoms with Crippen molar-refractivity contribution in [1.29, 1.82) is 0 Å². The smallest absolute Gasteiger partial charge is 0.138 e. The minimum Gasteiger partial charge on any atom is -0.497 e. The van der Waals surface area contributed by atoms with Gasteiger partial charge in [-0.3, -0.25) is 0 Å². The highest BCUT2D eigenvalue weighted by Gasteiger charge is 2.12. The second-order valence-corrected chi connectivity index (χ2v) is 5.82. The predicted molar refractivity (Wildman–Crippen MR) is 90.8 cm³/mol. The molecule has 3 aromatic rings.